The van der Waals surface area contributed by atoms with Crippen LogP contribution in [0.2, 0.25) is 0 Å². The summed E-state index contributed by atoms with van der Waals surface area (Å²) in [6, 6.07) is 12.0. The number of methoxy groups -OCH3 is 1. The minimum absolute atomic E-state index is 0. The molecule has 0 radical (unpaired) electrons. The fourth-order valence-electron chi connectivity index (χ4n) is 3.47. The third-order valence-electron chi connectivity index (χ3n) is 5.56. The molecule has 1 atom stereocenters. The van der Waals surface area contributed by atoms with Crippen LogP contribution in [-0.2, 0) is 28.4 Å². The van der Waals surface area contributed by atoms with Gasteiger partial charge in [-0.25, -0.2) is 14.4 Å². The van der Waals surface area contributed by atoms with Crippen molar-refractivity contribution >= 4 is 23.7 Å². The van der Waals surface area contributed by atoms with Gasteiger partial charge >= 0.3 is 17.9 Å². The van der Waals surface area contributed by atoms with Crippen molar-refractivity contribution in [1.29, 1.82) is 0 Å². The zero-order valence-corrected chi connectivity index (χ0v) is 23.5. The maximum Gasteiger partial charge on any atom is 0.338 e. The Morgan fingerprint density at radius 3 is 1.52 bits per heavy atom. The molecule has 0 amide bonds. The topological polar surface area (TPSA) is 124 Å². The van der Waals surface area contributed by atoms with Crippen molar-refractivity contribution in [2.75, 3.05) is 53.4 Å². The van der Waals surface area contributed by atoms with E-state index in [0.717, 1.165) is 0 Å². The standard InChI is InChI=1S/C30H38O10.2CH4/c1-21(2)19-27(40-30(34)26-7-5-23(6-8-26)22(3)31)20-39-29(33)25-11-9-24(10-12-25)28(32)38-18-17-37-16-15-36-14-13-35-4;;/h5-12,21,27H,13-20H2,1-4H3;2*1H4. The molecule has 0 aliphatic carbocycles. The van der Waals surface area contributed by atoms with E-state index in [-0.39, 0.29) is 57.5 Å². The molecule has 2 aromatic carbocycles. The van der Waals surface area contributed by atoms with Gasteiger partial charge in [-0.1, -0.05) is 40.8 Å². The summed E-state index contributed by atoms with van der Waals surface area (Å²) in [5, 5.41) is 0. The number of carbonyl (C=O) groups excluding carboxylic acids is 4. The van der Waals surface area contributed by atoms with Crippen LogP contribution >= 0.6 is 0 Å². The zero-order chi connectivity index (χ0) is 29.3. The summed E-state index contributed by atoms with van der Waals surface area (Å²) in [6.45, 7) is 7.37. The summed E-state index contributed by atoms with van der Waals surface area (Å²) in [7, 11) is 1.60. The van der Waals surface area contributed by atoms with Gasteiger partial charge in [0.1, 0.15) is 19.3 Å². The number of benzene rings is 2. The van der Waals surface area contributed by atoms with E-state index in [4.69, 9.17) is 28.4 Å². The number of rotatable bonds is 18. The van der Waals surface area contributed by atoms with Gasteiger partial charge in [-0.2, -0.15) is 0 Å². The molecule has 0 aliphatic heterocycles. The highest BCUT2D eigenvalue weighted by atomic mass is 16.6. The fraction of sp³-hybridized carbons (Fsp3) is 0.500. The second kappa shape index (κ2) is 21.2. The molecule has 0 aliphatic rings. The van der Waals surface area contributed by atoms with Crippen molar-refractivity contribution in [3.05, 3.63) is 70.8 Å². The number of carbonyl (C=O) groups is 4. The van der Waals surface area contributed by atoms with E-state index in [9.17, 15) is 19.2 Å². The highest BCUT2D eigenvalue weighted by molar-refractivity contribution is 5.96. The number of hydrogen-bond acceptors (Lipinski definition) is 10. The number of hydrogen-bond donors (Lipinski definition) is 0. The van der Waals surface area contributed by atoms with Crippen LogP contribution in [0.25, 0.3) is 0 Å². The van der Waals surface area contributed by atoms with Crippen molar-refractivity contribution in [2.45, 2.75) is 48.1 Å². The molecule has 234 valence electrons. The van der Waals surface area contributed by atoms with E-state index in [1.54, 1.807) is 19.2 Å². The monoisotopic (exact) mass is 590 g/mol. The summed E-state index contributed by atoms with van der Waals surface area (Å²) in [5.41, 5.74) is 1.31. The van der Waals surface area contributed by atoms with E-state index in [0.29, 0.717) is 44.0 Å². The molecule has 2 aromatic rings. The van der Waals surface area contributed by atoms with Gasteiger partial charge in [0.2, 0.25) is 0 Å². The molecular weight excluding hydrogens is 544 g/mol. The lowest BCUT2D eigenvalue weighted by atomic mass is 10.1. The molecule has 0 bridgehead atoms. The van der Waals surface area contributed by atoms with Crippen LogP contribution < -0.4 is 0 Å². The molecule has 0 N–H and O–H groups in total. The average molecular weight is 591 g/mol. The van der Waals surface area contributed by atoms with Gasteiger partial charge in [-0.05, 0) is 55.7 Å². The molecule has 42 heavy (non-hydrogen) atoms. The van der Waals surface area contributed by atoms with Gasteiger partial charge < -0.3 is 28.4 Å². The van der Waals surface area contributed by atoms with Crippen LogP contribution in [0, 0.1) is 5.92 Å². The summed E-state index contributed by atoms with van der Waals surface area (Å²) < 4.78 is 31.6. The van der Waals surface area contributed by atoms with E-state index >= 15 is 0 Å². The van der Waals surface area contributed by atoms with Gasteiger partial charge in [0, 0.05) is 12.7 Å². The minimum atomic E-state index is -0.655. The Hall–Kier alpha value is -3.60. The quantitative estimate of drug-likeness (QED) is 0.0961. The SMILES string of the molecule is C.C.COCCOCCOCCOC(=O)c1ccc(C(=O)OCC(CC(C)C)OC(=O)c2ccc(C(C)=O)cc2)cc1. The lowest BCUT2D eigenvalue weighted by Gasteiger charge is -2.20. The number of ketones is 1. The molecule has 0 heterocycles. The molecule has 0 saturated carbocycles. The van der Waals surface area contributed by atoms with Gasteiger partial charge in [0.25, 0.3) is 0 Å². The van der Waals surface area contributed by atoms with E-state index < -0.39 is 24.0 Å². The van der Waals surface area contributed by atoms with Crippen LogP contribution in [0.3, 0.4) is 0 Å². The first kappa shape index (κ1) is 38.4. The second-order valence-corrected chi connectivity index (χ2v) is 9.32. The molecular formula is C32H46O10. The van der Waals surface area contributed by atoms with E-state index in [1.807, 2.05) is 13.8 Å². The maximum atomic E-state index is 12.6. The third kappa shape index (κ3) is 14.3. The maximum absolute atomic E-state index is 12.6. The Kier molecular flexibility index (Phi) is 19.3. The second-order valence-electron chi connectivity index (χ2n) is 9.32. The largest absolute Gasteiger partial charge is 0.460 e. The fourth-order valence-corrected chi connectivity index (χ4v) is 3.47. The molecule has 0 fully saturated rings. The predicted octanol–water partition coefficient (Wildman–Crippen LogP) is 5.43. The van der Waals surface area contributed by atoms with Crippen molar-refractivity contribution in [2.24, 2.45) is 5.92 Å². The van der Waals surface area contributed by atoms with E-state index in [2.05, 4.69) is 0 Å². The number of Topliss-reactive ketones (excluding diaryl/α,β-unsaturated/α-hetero) is 1. The highest BCUT2D eigenvalue weighted by Gasteiger charge is 2.21. The molecule has 1 unspecified atom stereocenters. The normalized spacial score (nSPS) is 11.1. The van der Waals surface area contributed by atoms with Crippen LogP contribution in [-0.4, -0.2) is 83.2 Å². The summed E-state index contributed by atoms with van der Waals surface area (Å²) in [5.74, 6) is -1.64. The number of esters is 3. The summed E-state index contributed by atoms with van der Waals surface area (Å²) in [4.78, 5) is 48.9. The van der Waals surface area contributed by atoms with Gasteiger partial charge in [0.15, 0.2) is 5.78 Å². The smallest absolute Gasteiger partial charge is 0.338 e. The van der Waals surface area contributed by atoms with Gasteiger partial charge in [0.05, 0.1) is 49.7 Å². The molecule has 0 aromatic heterocycles. The van der Waals surface area contributed by atoms with Crippen molar-refractivity contribution in [3.63, 3.8) is 0 Å². The first-order chi connectivity index (χ1) is 19.2. The zero-order valence-electron chi connectivity index (χ0n) is 23.5. The predicted molar refractivity (Wildman–Crippen MR) is 159 cm³/mol. The number of ether oxygens (including phenoxy) is 6. The first-order valence-corrected chi connectivity index (χ1v) is 13.1. The Labute approximate surface area is 249 Å². The Bertz CT molecular complexity index is 1080. The van der Waals surface area contributed by atoms with Crippen LogP contribution in [0.4, 0.5) is 0 Å². The Morgan fingerprint density at radius 2 is 1.05 bits per heavy atom. The molecule has 2 rings (SSSR count). The molecule has 10 nitrogen and oxygen atoms in total. The lowest BCUT2D eigenvalue weighted by molar-refractivity contribution is -0.00597. The van der Waals surface area contributed by atoms with Gasteiger partial charge in [-0.15, -0.1) is 0 Å². The van der Waals surface area contributed by atoms with Gasteiger partial charge in [-0.3, -0.25) is 4.79 Å². The third-order valence-corrected chi connectivity index (χ3v) is 5.56. The molecule has 0 saturated heterocycles. The van der Waals surface area contributed by atoms with Crippen molar-refractivity contribution in [3.8, 4) is 0 Å². The van der Waals surface area contributed by atoms with Crippen molar-refractivity contribution < 1.29 is 47.6 Å². The van der Waals surface area contributed by atoms with Crippen molar-refractivity contribution in [1.82, 2.24) is 0 Å². The average Bonchev–Trinajstić information content (AvgIpc) is 2.94. The van der Waals surface area contributed by atoms with E-state index in [1.165, 1.54) is 43.3 Å². The first-order valence-electron chi connectivity index (χ1n) is 13.1. The Balaban J connectivity index is 0.00000840. The Morgan fingerprint density at radius 1 is 0.619 bits per heavy atom. The van der Waals surface area contributed by atoms with Crippen LogP contribution in [0.5, 0.6) is 0 Å². The summed E-state index contributed by atoms with van der Waals surface area (Å²) in [6.07, 6.45) is -0.169. The molecule has 10 heteroatoms. The lowest BCUT2D eigenvalue weighted by Crippen LogP contribution is -2.27. The summed E-state index contributed by atoms with van der Waals surface area (Å²) >= 11 is 0. The van der Waals surface area contributed by atoms with Crippen LogP contribution in [0.1, 0.15) is 83.5 Å². The minimum Gasteiger partial charge on any atom is -0.460 e. The highest BCUT2D eigenvalue weighted by Crippen LogP contribution is 2.15. The van der Waals surface area contributed by atoms with Crippen LogP contribution in [0.15, 0.2) is 48.5 Å². The molecule has 0 spiro atoms.